The third kappa shape index (κ3) is 2.38. The van der Waals surface area contributed by atoms with Crippen LogP contribution in [0, 0.1) is 13.8 Å². The van der Waals surface area contributed by atoms with Gasteiger partial charge in [-0.05, 0) is 32.8 Å². The van der Waals surface area contributed by atoms with E-state index in [1.807, 2.05) is 23.4 Å². The maximum absolute atomic E-state index is 11.6. The third-order valence-electron chi connectivity index (χ3n) is 3.14. The Morgan fingerprint density at radius 1 is 1.53 bits per heavy atom. The van der Waals surface area contributed by atoms with Gasteiger partial charge in [0.05, 0.1) is 6.04 Å². The molecule has 0 spiro atoms. The second kappa shape index (κ2) is 4.69. The zero-order chi connectivity index (χ0) is 12.4. The van der Waals surface area contributed by atoms with Crippen molar-refractivity contribution in [1.29, 1.82) is 0 Å². The van der Waals surface area contributed by atoms with E-state index >= 15 is 0 Å². The van der Waals surface area contributed by atoms with Crippen LogP contribution in [0.15, 0.2) is 12.7 Å². The van der Waals surface area contributed by atoms with Gasteiger partial charge in [-0.3, -0.25) is 4.79 Å². The molecule has 1 saturated heterocycles. The van der Waals surface area contributed by atoms with Crippen molar-refractivity contribution in [3.05, 3.63) is 24.3 Å². The van der Waals surface area contributed by atoms with E-state index in [1.165, 1.54) is 6.08 Å². The van der Waals surface area contributed by atoms with E-state index in [2.05, 4.69) is 16.7 Å². The van der Waals surface area contributed by atoms with Crippen LogP contribution < -0.4 is 0 Å². The van der Waals surface area contributed by atoms with Gasteiger partial charge in [0.15, 0.2) is 0 Å². The van der Waals surface area contributed by atoms with E-state index in [9.17, 15) is 4.79 Å². The number of piperidine rings is 1. The number of rotatable bonds is 2. The standard InChI is InChI=1S/C12H18N4O/c1-4-12(17)15-7-5-6-11(8-15)16-10(3)13-9(2)14-16/h4,11H,1,5-8H2,2-3H3. The summed E-state index contributed by atoms with van der Waals surface area (Å²) in [6.45, 7) is 8.89. The first-order chi connectivity index (χ1) is 8.11. The molecule has 5 heteroatoms. The van der Waals surface area contributed by atoms with Gasteiger partial charge in [0.2, 0.25) is 5.91 Å². The molecule has 1 aromatic heterocycles. The summed E-state index contributed by atoms with van der Waals surface area (Å²) in [5.41, 5.74) is 0. The zero-order valence-corrected chi connectivity index (χ0v) is 10.4. The first-order valence-electron chi connectivity index (χ1n) is 5.93. The Labute approximate surface area is 101 Å². The summed E-state index contributed by atoms with van der Waals surface area (Å²) in [5, 5.41) is 4.40. The lowest BCUT2D eigenvalue weighted by atomic mass is 10.1. The van der Waals surface area contributed by atoms with E-state index in [-0.39, 0.29) is 11.9 Å². The molecule has 1 fully saturated rings. The van der Waals surface area contributed by atoms with Crippen LogP contribution in [0.4, 0.5) is 0 Å². The molecule has 1 amide bonds. The molecular formula is C12H18N4O. The number of likely N-dealkylation sites (tertiary alicyclic amines) is 1. The van der Waals surface area contributed by atoms with E-state index in [0.717, 1.165) is 31.0 Å². The van der Waals surface area contributed by atoms with E-state index < -0.39 is 0 Å². The molecule has 1 aliphatic heterocycles. The smallest absolute Gasteiger partial charge is 0.246 e. The first kappa shape index (κ1) is 11.8. The lowest BCUT2D eigenvalue weighted by Crippen LogP contribution is -2.40. The summed E-state index contributed by atoms with van der Waals surface area (Å²) in [6.07, 6.45) is 3.43. The predicted octanol–water partition coefficient (Wildman–Crippen LogP) is 1.24. The average molecular weight is 234 g/mol. The quantitative estimate of drug-likeness (QED) is 0.723. The summed E-state index contributed by atoms with van der Waals surface area (Å²) in [5.74, 6) is 1.71. The Hall–Kier alpha value is -1.65. The van der Waals surface area contributed by atoms with Crippen LogP contribution >= 0.6 is 0 Å². The molecule has 1 unspecified atom stereocenters. The molecule has 0 aliphatic carbocycles. The van der Waals surface area contributed by atoms with Crippen LogP contribution in [0.25, 0.3) is 0 Å². The number of carbonyl (C=O) groups is 1. The first-order valence-corrected chi connectivity index (χ1v) is 5.93. The normalized spacial score (nSPS) is 20.4. The number of amides is 1. The lowest BCUT2D eigenvalue weighted by molar-refractivity contribution is -0.127. The highest BCUT2D eigenvalue weighted by molar-refractivity contribution is 5.87. The van der Waals surface area contributed by atoms with Gasteiger partial charge in [-0.1, -0.05) is 6.58 Å². The summed E-state index contributed by atoms with van der Waals surface area (Å²) in [6, 6.07) is 0.244. The summed E-state index contributed by atoms with van der Waals surface area (Å²) in [7, 11) is 0. The minimum atomic E-state index is 0.00388. The fourth-order valence-electron chi connectivity index (χ4n) is 2.37. The molecule has 5 nitrogen and oxygen atoms in total. The average Bonchev–Trinajstić information content (AvgIpc) is 2.67. The second-order valence-electron chi connectivity index (χ2n) is 4.44. The molecule has 0 aromatic carbocycles. The topological polar surface area (TPSA) is 51.0 Å². The number of aromatic nitrogens is 3. The maximum Gasteiger partial charge on any atom is 0.246 e. The molecule has 0 bridgehead atoms. The van der Waals surface area contributed by atoms with Crippen molar-refractivity contribution in [3.63, 3.8) is 0 Å². The molecule has 17 heavy (non-hydrogen) atoms. The van der Waals surface area contributed by atoms with Crippen molar-refractivity contribution in [2.45, 2.75) is 32.7 Å². The summed E-state index contributed by atoms with van der Waals surface area (Å²) >= 11 is 0. The number of hydrogen-bond acceptors (Lipinski definition) is 3. The SMILES string of the molecule is C=CC(=O)N1CCCC(n2nc(C)nc2C)C1. The fraction of sp³-hybridized carbons (Fsp3) is 0.583. The van der Waals surface area contributed by atoms with E-state index in [1.54, 1.807) is 0 Å². The van der Waals surface area contributed by atoms with Crippen molar-refractivity contribution in [1.82, 2.24) is 19.7 Å². The van der Waals surface area contributed by atoms with Gasteiger partial charge in [0, 0.05) is 13.1 Å². The molecule has 1 atom stereocenters. The van der Waals surface area contributed by atoms with Crippen LogP contribution in [-0.4, -0.2) is 38.7 Å². The van der Waals surface area contributed by atoms with E-state index in [4.69, 9.17) is 0 Å². The molecule has 0 N–H and O–H groups in total. The van der Waals surface area contributed by atoms with Gasteiger partial charge in [-0.15, -0.1) is 0 Å². The Morgan fingerprint density at radius 3 is 2.88 bits per heavy atom. The van der Waals surface area contributed by atoms with Crippen molar-refractivity contribution < 1.29 is 4.79 Å². The highest BCUT2D eigenvalue weighted by atomic mass is 16.2. The van der Waals surface area contributed by atoms with Gasteiger partial charge < -0.3 is 4.90 Å². The van der Waals surface area contributed by atoms with Gasteiger partial charge >= 0.3 is 0 Å². The Bertz CT molecular complexity index is 438. The highest BCUT2D eigenvalue weighted by Gasteiger charge is 2.25. The number of carbonyl (C=O) groups excluding carboxylic acids is 1. The fourth-order valence-corrected chi connectivity index (χ4v) is 2.37. The van der Waals surface area contributed by atoms with Crippen LogP contribution in [-0.2, 0) is 4.79 Å². The molecule has 0 saturated carbocycles. The van der Waals surface area contributed by atoms with Gasteiger partial charge in [-0.25, -0.2) is 9.67 Å². The van der Waals surface area contributed by atoms with Crippen LogP contribution in [0.1, 0.15) is 30.5 Å². The second-order valence-corrected chi connectivity index (χ2v) is 4.44. The predicted molar refractivity (Wildman–Crippen MR) is 64.5 cm³/mol. The number of hydrogen-bond donors (Lipinski definition) is 0. The van der Waals surface area contributed by atoms with Gasteiger partial charge in [0.25, 0.3) is 0 Å². The molecule has 2 rings (SSSR count). The maximum atomic E-state index is 11.6. The molecule has 92 valence electrons. The molecule has 2 heterocycles. The van der Waals surface area contributed by atoms with E-state index in [0.29, 0.717) is 6.54 Å². The summed E-state index contributed by atoms with van der Waals surface area (Å²) in [4.78, 5) is 17.7. The molecule has 1 aliphatic rings. The Balaban J connectivity index is 2.14. The number of aryl methyl sites for hydroxylation is 2. The van der Waals surface area contributed by atoms with Crippen LogP contribution in [0.3, 0.4) is 0 Å². The lowest BCUT2D eigenvalue weighted by Gasteiger charge is -2.32. The molecular weight excluding hydrogens is 216 g/mol. The van der Waals surface area contributed by atoms with Crippen molar-refractivity contribution >= 4 is 5.91 Å². The minimum absolute atomic E-state index is 0.00388. The molecule has 1 aromatic rings. The highest BCUT2D eigenvalue weighted by Crippen LogP contribution is 2.22. The van der Waals surface area contributed by atoms with Crippen molar-refractivity contribution in [2.24, 2.45) is 0 Å². The third-order valence-corrected chi connectivity index (χ3v) is 3.14. The molecule has 0 radical (unpaired) electrons. The van der Waals surface area contributed by atoms with Crippen LogP contribution in [0.5, 0.6) is 0 Å². The number of nitrogens with zero attached hydrogens (tertiary/aromatic N) is 4. The van der Waals surface area contributed by atoms with Crippen molar-refractivity contribution in [3.8, 4) is 0 Å². The van der Waals surface area contributed by atoms with Gasteiger partial charge in [0.1, 0.15) is 11.6 Å². The Kier molecular flexibility index (Phi) is 3.26. The summed E-state index contributed by atoms with van der Waals surface area (Å²) < 4.78 is 1.94. The zero-order valence-electron chi connectivity index (χ0n) is 10.4. The monoisotopic (exact) mass is 234 g/mol. The van der Waals surface area contributed by atoms with Crippen LogP contribution in [0.2, 0.25) is 0 Å². The van der Waals surface area contributed by atoms with Gasteiger partial charge in [-0.2, -0.15) is 5.10 Å². The van der Waals surface area contributed by atoms with Crippen molar-refractivity contribution in [2.75, 3.05) is 13.1 Å². The Morgan fingerprint density at radius 2 is 2.29 bits per heavy atom. The minimum Gasteiger partial charge on any atom is -0.337 e. The largest absolute Gasteiger partial charge is 0.337 e.